The number of nitrogens with zero attached hydrogens (tertiary/aromatic N) is 1. The molecule has 1 unspecified atom stereocenters. The summed E-state index contributed by atoms with van der Waals surface area (Å²) < 4.78 is 34.2. The monoisotopic (exact) mass is 881 g/mol. The first-order valence-corrected chi connectivity index (χ1v) is 24.6. The molecule has 0 saturated heterocycles. The fourth-order valence-corrected chi connectivity index (χ4v) is 7.39. The summed E-state index contributed by atoms with van der Waals surface area (Å²) in [6.45, 7) is 3.94. The number of Topliss-reactive ketones (excluding diaryl/α,β-unsaturated/α-hetero) is 1. The second-order valence-corrected chi connectivity index (χ2v) is 18.7. The molecule has 1 fully saturated rings. The summed E-state index contributed by atoms with van der Waals surface area (Å²) in [5, 5.41) is 20.7. The lowest BCUT2D eigenvalue weighted by atomic mass is 9.90. The Kier molecular flexibility index (Phi) is 32.1. The Hall–Kier alpha value is -2.70. The first-order valence-electron chi connectivity index (χ1n) is 23.1. The van der Waals surface area contributed by atoms with Crippen molar-refractivity contribution in [3.05, 3.63) is 60.8 Å². The highest BCUT2D eigenvalue weighted by Gasteiger charge is 2.39. The zero-order valence-electron chi connectivity index (χ0n) is 38.3. The SMILES string of the molecule is CCCCC/C=C\C/C=C\C/C=C\CCCCCCC(=O)O[C@H](COC(=O)CCC/C=C\C[C@H]1C(=O)C[C@@H](O)[C@@H]1/C=C/[C@@H](O)CCCCC)COP(=O)(O)OCC[N+](C)(C)C. The van der Waals surface area contributed by atoms with Crippen molar-refractivity contribution in [2.45, 2.75) is 167 Å². The topological polar surface area (TPSA) is 166 Å². The number of ketones is 1. The van der Waals surface area contributed by atoms with Crippen molar-refractivity contribution in [2.75, 3.05) is 47.5 Å². The number of aliphatic hydroxyl groups is 2. The van der Waals surface area contributed by atoms with Crippen LogP contribution in [0, 0.1) is 11.8 Å². The number of phosphoric acid groups is 1. The van der Waals surface area contributed by atoms with Crippen molar-refractivity contribution in [1.82, 2.24) is 0 Å². The molecule has 0 aliphatic heterocycles. The summed E-state index contributed by atoms with van der Waals surface area (Å²) in [4.78, 5) is 48.2. The number of rotatable bonds is 37. The third-order valence-electron chi connectivity index (χ3n) is 10.4. The van der Waals surface area contributed by atoms with Gasteiger partial charge in [0.15, 0.2) is 6.10 Å². The Morgan fingerprint density at radius 1 is 0.770 bits per heavy atom. The number of phosphoric ester groups is 1. The van der Waals surface area contributed by atoms with E-state index in [2.05, 4.69) is 50.3 Å². The Morgan fingerprint density at radius 3 is 2.03 bits per heavy atom. The molecule has 0 heterocycles. The number of allylic oxidation sites excluding steroid dienone is 8. The number of unbranched alkanes of at least 4 members (excludes halogenated alkanes) is 10. The molecule has 1 rings (SSSR count). The van der Waals surface area contributed by atoms with Gasteiger partial charge in [0, 0.05) is 31.1 Å². The van der Waals surface area contributed by atoms with Gasteiger partial charge in [0.05, 0.1) is 40.0 Å². The molecule has 6 atom stereocenters. The van der Waals surface area contributed by atoms with Gasteiger partial charge in [-0.25, -0.2) is 4.57 Å². The standard InChI is InChI=1S/C48H82NO11P/c1-6-8-10-11-12-13-14-15-16-17-18-19-20-21-22-23-29-33-48(54)60-42(40-59-61(55,56)58-37-36-49(3,4)5)39-57-47(53)32-28-25-24-27-31-43-44(46(52)38-45(43)51)35-34-41(50)30-26-9-7-2/h12-13,15-16,18-19,24,27,34-35,41-44,46,50,52H,6-11,14,17,20-23,25-26,28-33,36-40H2,1-5H3/p+1/b13-12-,16-15-,19-18-,27-24-,35-34+/t41-,42+,43+,44+,46+/m0/s1. The lowest BCUT2D eigenvalue weighted by Crippen LogP contribution is -2.37. The number of esters is 2. The van der Waals surface area contributed by atoms with Crippen LogP contribution < -0.4 is 0 Å². The van der Waals surface area contributed by atoms with Gasteiger partial charge >= 0.3 is 19.8 Å². The minimum atomic E-state index is -4.45. The largest absolute Gasteiger partial charge is 0.472 e. The van der Waals surface area contributed by atoms with Crippen molar-refractivity contribution in [3.8, 4) is 0 Å². The van der Waals surface area contributed by atoms with E-state index >= 15 is 0 Å². The quantitative estimate of drug-likeness (QED) is 0.0179. The van der Waals surface area contributed by atoms with E-state index in [4.69, 9.17) is 18.5 Å². The first-order chi connectivity index (χ1) is 29.2. The molecule has 0 aromatic heterocycles. The van der Waals surface area contributed by atoms with Crippen molar-refractivity contribution in [2.24, 2.45) is 11.8 Å². The molecule has 0 aromatic rings. The number of hydrogen-bond donors (Lipinski definition) is 3. The summed E-state index contributed by atoms with van der Waals surface area (Å²) in [6.07, 6.45) is 34.9. The molecule has 1 saturated carbocycles. The van der Waals surface area contributed by atoms with Crippen LogP contribution in [0.2, 0.25) is 0 Å². The van der Waals surface area contributed by atoms with Gasteiger partial charge in [0.1, 0.15) is 25.5 Å². The molecule has 0 radical (unpaired) electrons. The third-order valence-corrected chi connectivity index (χ3v) is 11.4. The second kappa shape index (κ2) is 34.7. The maximum Gasteiger partial charge on any atom is 0.472 e. The molecule has 0 amide bonds. The molecular formula is C48H83NO11P+. The molecule has 12 nitrogen and oxygen atoms in total. The molecule has 61 heavy (non-hydrogen) atoms. The van der Waals surface area contributed by atoms with Crippen LogP contribution in [-0.2, 0) is 37.5 Å². The smallest absolute Gasteiger partial charge is 0.462 e. The minimum Gasteiger partial charge on any atom is -0.462 e. The zero-order chi connectivity index (χ0) is 45.2. The van der Waals surface area contributed by atoms with Crippen molar-refractivity contribution >= 4 is 25.5 Å². The Balaban J connectivity index is 2.51. The van der Waals surface area contributed by atoms with Gasteiger partial charge in [-0.05, 0) is 70.6 Å². The van der Waals surface area contributed by atoms with Crippen LogP contribution in [0.3, 0.4) is 0 Å². The molecule has 0 bridgehead atoms. The maximum absolute atomic E-state index is 12.7. The fourth-order valence-electron chi connectivity index (χ4n) is 6.65. The minimum absolute atomic E-state index is 0.00185. The van der Waals surface area contributed by atoms with Crippen LogP contribution >= 0.6 is 7.82 Å². The fraction of sp³-hybridized carbons (Fsp3) is 0.729. The highest BCUT2D eigenvalue weighted by atomic mass is 31.2. The van der Waals surface area contributed by atoms with Gasteiger partial charge < -0.3 is 29.1 Å². The van der Waals surface area contributed by atoms with Crippen LogP contribution in [0.4, 0.5) is 0 Å². The van der Waals surface area contributed by atoms with E-state index in [0.717, 1.165) is 64.2 Å². The Labute approximate surface area is 368 Å². The number of carbonyl (C=O) groups excluding carboxylic acids is 3. The third kappa shape index (κ3) is 31.7. The van der Waals surface area contributed by atoms with Gasteiger partial charge in [-0.3, -0.25) is 23.4 Å². The number of ether oxygens (including phenoxy) is 2. The lowest BCUT2D eigenvalue weighted by molar-refractivity contribution is -0.870. The average molecular weight is 881 g/mol. The summed E-state index contributed by atoms with van der Waals surface area (Å²) in [5.41, 5.74) is 0. The van der Waals surface area contributed by atoms with Crippen LogP contribution in [0.15, 0.2) is 60.8 Å². The van der Waals surface area contributed by atoms with Crippen LogP contribution in [0.25, 0.3) is 0 Å². The predicted octanol–water partition coefficient (Wildman–Crippen LogP) is 9.83. The van der Waals surface area contributed by atoms with Crippen LogP contribution in [-0.4, -0.2) is 103 Å². The molecule has 0 aromatic carbocycles. The molecule has 1 aliphatic rings. The summed E-state index contributed by atoms with van der Waals surface area (Å²) in [5.74, 6) is -1.74. The van der Waals surface area contributed by atoms with Gasteiger partial charge in [0.25, 0.3) is 0 Å². The molecule has 0 spiro atoms. The van der Waals surface area contributed by atoms with E-state index in [1.165, 1.54) is 19.3 Å². The van der Waals surface area contributed by atoms with Gasteiger partial charge in [0.2, 0.25) is 0 Å². The van der Waals surface area contributed by atoms with E-state index in [-0.39, 0.29) is 50.1 Å². The van der Waals surface area contributed by atoms with Gasteiger partial charge in [-0.1, -0.05) is 120 Å². The average Bonchev–Trinajstić information content (AvgIpc) is 3.47. The molecular weight excluding hydrogens is 797 g/mol. The van der Waals surface area contributed by atoms with Crippen LogP contribution in [0.1, 0.15) is 149 Å². The van der Waals surface area contributed by atoms with E-state index in [1.807, 2.05) is 33.3 Å². The summed E-state index contributed by atoms with van der Waals surface area (Å²) >= 11 is 0. The van der Waals surface area contributed by atoms with E-state index < -0.39 is 44.7 Å². The first kappa shape index (κ1) is 56.3. The summed E-state index contributed by atoms with van der Waals surface area (Å²) in [7, 11) is 1.30. The molecule has 350 valence electrons. The highest BCUT2D eigenvalue weighted by molar-refractivity contribution is 7.47. The summed E-state index contributed by atoms with van der Waals surface area (Å²) in [6, 6.07) is 0. The number of hydrogen-bond acceptors (Lipinski definition) is 10. The maximum atomic E-state index is 12.7. The number of likely N-dealkylation sites (N-methyl/N-ethyl adjacent to an activating group) is 1. The molecule has 1 aliphatic carbocycles. The van der Waals surface area contributed by atoms with E-state index in [0.29, 0.717) is 43.1 Å². The molecule has 13 heteroatoms. The lowest BCUT2D eigenvalue weighted by Gasteiger charge is -2.24. The number of aliphatic hydroxyl groups excluding tert-OH is 2. The second-order valence-electron chi connectivity index (χ2n) is 17.2. The Bertz CT molecular complexity index is 1390. The van der Waals surface area contributed by atoms with Gasteiger partial charge in [-0.2, -0.15) is 0 Å². The zero-order valence-corrected chi connectivity index (χ0v) is 39.2. The van der Waals surface area contributed by atoms with Crippen LogP contribution in [0.5, 0.6) is 0 Å². The number of carbonyl (C=O) groups is 3. The van der Waals surface area contributed by atoms with Crippen molar-refractivity contribution in [1.29, 1.82) is 0 Å². The van der Waals surface area contributed by atoms with Gasteiger partial charge in [-0.15, -0.1) is 0 Å². The van der Waals surface area contributed by atoms with Crippen molar-refractivity contribution < 1.29 is 57.1 Å². The molecule has 3 N–H and O–H groups in total. The van der Waals surface area contributed by atoms with E-state index in [1.54, 1.807) is 12.2 Å². The van der Waals surface area contributed by atoms with E-state index in [9.17, 15) is 34.1 Å². The Morgan fingerprint density at radius 2 is 1.36 bits per heavy atom. The highest BCUT2D eigenvalue weighted by Crippen LogP contribution is 2.43. The predicted molar refractivity (Wildman–Crippen MR) is 243 cm³/mol. The number of quaternary nitrogens is 1. The normalized spacial score (nSPS) is 19.5. The van der Waals surface area contributed by atoms with Crippen molar-refractivity contribution in [3.63, 3.8) is 0 Å².